The van der Waals surface area contributed by atoms with E-state index in [1.807, 2.05) is 18.5 Å². The smallest absolute Gasteiger partial charge is 0.160 e. The van der Waals surface area contributed by atoms with Crippen molar-refractivity contribution >= 4 is 5.57 Å². The van der Waals surface area contributed by atoms with Gasteiger partial charge in [-0.15, -0.1) is 0 Å². The van der Waals surface area contributed by atoms with E-state index in [0.29, 0.717) is 0 Å². The van der Waals surface area contributed by atoms with Crippen LogP contribution in [0.1, 0.15) is 51.1 Å². The van der Waals surface area contributed by atoms with E-state index >= 15 is 0 Å². The molecule has 1 spiro atoms. The number of hydrogen-bond acceptors (Lipinski definition) is 3. The summed E-state index contributed by atoms with van der Waals surface area (Å²) in [6.07, 6.45) is 8.13. The van der Waals surface area contributed by atoms with Gasteiger partial charge in [-0.3, -0.25) is 4.98 Å². The summed E-state index contributed by atoms with van der Waals surface area (Å²) in [6, 6.07) is 55.5. The maximum Gasteiger partial charge on any atom is 0.160 e. The van der Waals surface area contributed by atoms with E-state index in [2.05, 4.69) is 164 Å². The van der Waals surface area contributed by atoms with Crippen molar-refractivity contribution in [1.29, 1.82) is 0 Å². The Kier molecular flexibility index (Phi) is 6.81. The fourth-order valence-corrected chi connectivity index (χ4v) is 9.44. The predicted octanol–water partition coefficient (Wildman–Crippen LogP) is 11.9. The van der Waals surface area contributed by atoms with E-state index in [4.69, 9.17) is 9.97 Å². The summed E-state index contributed by atoms with van der Waals surface area (Å²) < 4.78 is 0. The molecule has 3 aliphatic rings. The monoisotopic (exact) mass is 689 g/mol. The molecule has 0 bridgehead atoms. The number of allylic oxidation sites excluding steroid dienone is 1. The Morgan fingerprint density at radius 2 is 1.11 bits per heavy atom. The summed E-state index contributed by atoms with van der Waals surface area (Å²) in [4.78, 5) is 15.3. The minimum absolute atomic E-state index is 0.435. The fourth-order valence-electron chi connectivity index (χ4n) is 9.44. The van der Waals surface area contributed by atoms with Crippen molar-refractivity contribution in [3.05, 3.63) is 215 Å². The van der Waals surface area contributed by atoms with Crippen LogP contribution in [0.5, 0.6) is 0 Å². The third-order valence-electron chi connectivity index (χ3n) is 11.8. The van der Waals surface area contributed by atoms with Gasteiger partial charge in [0.15, 0.2) is 5.82 Å². The van der Waals surface area contributed by atoms with Crippen LogP contribution in [0.3, 0.4) is 0 Å². The molecule has 6 aromatic carbocycles. The third-order valence-corrected chi connectivity index (χ3v) is 11.8. The molecule has 2 aromatic heterocycles. The molecular formula is C51H35N3. The van der Waals surface area contributed by atoms with Crippen LogP contribution in [0.15, 0.2) is 170 Å². The van der Waals surface area contributed by atoms with E-state index in [0.717, 1.165) is 52.3 Å². The van der Waals surface area contributed by atoms with Crippen LogP contribution < -0.4 is 0 Å². The highest BCUT2D eigenvalue weighted by molar-refractivity contribution is 5.96. The normalized spacial score (nSPS) is 14.1. The molecule has 0 unspecified atom stereocenters. The number of hydrogen-bond donors (Lipinski definition) is 0. The van der Waals surface area contributed by atoms with Crippen LogP contribution >= 0.6 is 0 Å². The molecule has 2 heterocycles. The van der Waals surface area contributed by atoms with Gasteiger partial charge in [-0.05, 0) is 111 Å². The van der Waals surface area contributed by atoms with Crippen LogP contribution in [-0.2, 0) is 11.8 Å². The van der Waals surface area contributed by atoms with Crippen LogP contribution in [0.4, 0.5) is 0 Å². The molecule has 0 N–H and O–H groups in total. The number of aromatic nitrogens is 3. The molecule has 0 fully saturated rings. The highest BCUT2D eigenvalue weighted by Gasteiger charge is 2.51. The molecule has 54 heavy (non-hydrogen) atoms. The lowest BCUT2D eigenvalue weighted by Gasteiger charge is -2.30. The Morgan fingerprint density at radius 3 is 1.81 bits per heavy atom. The van der Waals surface area contributed by atoms with Gasteiger partial charge >= 0.3 is 0 Å². The van der Waals surface area contributed by atoms with E-state index < -0.39 is 5.41 Å². The second-order valence-electron chi connectivity index (χ2n) is 14.7. The van der Waals surface area contributed by atoms with Crippen molar-refractivity contribution in [3.8, 4) is 56.0 Å². The Bertz CT molecular complexity index is 2780. The lowest BCUT2D eigenvalue weighted by atomic mass is 9.70. The summed E-state index contributed by atoms with van der Waals surface area (Å²) in [7, 11) is 0. The summed E-state index contributed by atoms with van der Waals surface area (Å²) in [5, 5.41) is 0. The Morgan fingerprint density at radius 1 is 0.481 bits per heavy atom. The van der Waals surface area contributed by atoms with Gasteiger partial charge in [-0.25, -0.2) is 9.97 Å². The first kappa shape index (κ1) is 30.9. The molecule has 254 valence electrons. The molecule has 0 saturated carbocycles. The van der Waals surface area contributed by atoms with Crippen molar-refractivity contribution < 1.29 is 0 Å². The molecule has 0 saturated heterocycles. The third kappa shape index (κ3) is 4.45. The van der Waals surface area contributed by atoms with Gasteiger partial charge in [0.05, 0.1) is 16.8 Å². The largest absolute Gasteiger partial charge is 0.264 e. The van der Waals surface area contributed by atoms with Crippen LogP contribution in [0.2, 0.25) is 0 Å². The van der Waals surface area contributed by atoms with Crippen molar-refractivity contribution in [2.45, 2.75) is 25.2 Å². The van der Waals surface area contributed by atoms with E-state index in [1.165, 1.54) is 66.8 Å². The molecular weight excluding hydrogens is 655 g/mol. The predicted molar refractivity (Wildman–Crippen MR) is 219 cm³/mol. The zero-order chi connectivity index (χ0) is 35.8. The maximum absolute atomic E-state index is 5.44. The maximum atomic E-state index is 5.44. The number of pyridine rings is 1. The zero-order valence-corrected chi connectivity index (χ0v) is 29.9. The van der Waals surface area contributed by atoms with Gasteiger partial charge in [-0.1, -0.05) is 133 Å². The minimum atomic E-state index is -0.435. The molecule has 3 heteroatoms. The van der Waals surface area contributed by atoms with Gasteiger partial charge in [-0.2, -0.15) is 0 Å². The lowest BCUT2D eigenvalue weighted by Crippen LogP contribution is -2.25. The van der Waals surface area contributed by atoms with Crippen LogP contribution in [0, 0.1) is 6.92 Å². The van der Waals surface area contributed by atoms with Gasteiger partial charge in [0.2, 0.25) is 0 Å². The molecule has 8 aromatic rings. The first-order valence-electron chi connectivity index (χ1n) is 18.8. The molecule has 3 aliphatic carbocycles. The Labute approximate surface area is 315 Å². The highest BCUT2D eigenvalue weighted by Crippen LogP contribution is 2.63. The molecule has 0 amide bonds. The number of nitrogens with zero attached hydrogens (tertiary/aromatic N) is 3. The van der Waals surface area contributed by atoms with Crippen LogP contribution in [0.25, 0.3) is 61.6 Å². The number of fused-ring (bicyclic) bond motifs is 11. The van der Waals surface area contributed by atoms with Crippen molar-refractivity contribution in [3.63, 3.8) is 0 Å². The van der Waals surface area contributed by atoms with E-state index in [1.54, 1.807) is 0 Å². The molecule has 0 radical (unpaired) electrons. The summed E-state index contributed by atoms with van der Waals surface area (Å²) >= 11 is 0. The van der Waals surface area contributed by atoms with Crippen molar-refractivity contribution in [1.82, 2.24) is 15.0 Å². The van der Waals surface area contributed by atoms with Gasteiger partial charge in [0.1, 0.15) is 0 Å². The van der Waals surface area contributed by atoms with Crippen LogP contribution in [-0.4, -0.2) is 15.0 Å². The first-order chi connectivity index (χ1) is 26.7. The first-order valence-corrected chi connectivity index (χ1v) is 18.8. The fraction of sp³-hybridized carbons (Fsp3) is 0.0784. The standard InChI is InChI=1S/C51H35N3/c1-32-23-24-34(28-43(32)36-14-11-27-52-31-36)48-30-49(42-19-10-13-33-12-2-3-15-37(33)42)54-50(53-48)35-25-26-41-40-18-6-9-22-46(40)51(47(41)29-35)44-20-7-4-16-38(44)39-17-5-8-21-45(39)51/h2-9,11-12,14-31H,10,13H2,1H3. The second kappa shape index (κ2) is 11.9. The Balaban J connectivity index is 1.15. The molecule has 3 nitrogen and oxygen atoms in total. The molecule has 0 atom stereocenters. The summed E-state index contributed by atoms with van der Waals surface area (Å²) in [5.74, 6) is 0.725. The second-order valence-corrected chi connectivity index (χ2v) is 14.7. The summed E-state index contributed by atoms with van der Waals surface area (Å²) in [6.45, 7) is 2.16. The number of benzene rings is 6. The lowest BCUT2D eigenvalue weighted by molar-refractivity contribution is 0.794. The van der Waals surface area contributed by atoms with Gasteiger partial charge < -0.3 is 0 Å². The molecule has 0 aliphatic heterocycles. The van der Waals surface area contributed by atoms with E-state index in [9.17, 15) is 0 Å². The number of aryl methyl sites for hydroxylation is 2. The van der Waals surface area contributed by atoms with Crippen molar-refractivity contribution in [2.75, 3.05) is 0 Å². The quantitative estimate of drug-likeness (QED) is 0.185. The van der Waals surface area contributed by atoms with Crippen molar-refractivity contribution in [2.24, 2.45) is 0 Å². The average Bonchev–Trinajstić information content (AvgIpc) is 3.71. The zero-order valence-electron chi connectivity index (χ0n) is 29.9. The van der Waals surface area contributed by atoms with Gasteiger partial charge in [0, 0.05) is 34.7 Å². The molecule has 11 rings (SSSR count). The summed E-state index contributed by atoms with van der Waals surface area (Å²) in [5.41, 5.74) is 21.1. The van der Waals surface area contributed by atoms with E-state index in [-0.39, 0.29) is 0 Å². The minimum Gasteiger partial charge on any atom is -0.264 e. The number of rotatable bonds is 4. The SMILES string of the molecule is Cc1ccc(-c2cc(C3=CCCc4ccccc43)nc(-c3ccc4c(c3)C3(c5ccccc5-c5ccccc53)c3ccccc3-4)n2)cc1-c1cccnc1. The highest BCUT2D eigenvalue weighted by atomic mass is 14.9. The Hall–Kier alpha value is -6.71. The average molecular weight is 690 g/mol. The topological polar surface area (TPSA) is 38.7 Å². The van der Waals surface area contributed by atoms with Gasteiger partial charge in [0.25, 0.3) is 0 Å².